The van der Waals surface area contributed by atoms with E-state index in [9.17, 15) is 18.4 Å². The van der Waals surface area contributed by atoms with Crippen LogP contribution >= 0.6 is 0 Å². The van der Waals surface area contributed by atoms with E-state index in [1.807, 2.05) is 0 Å². The van der Waals surface area contributed by atoms with E-state index in [2.05, 4.69) is 10.2 Å². The van der Waals surface area contributed by atoms with Gasteiger partial charge in [0.05, 0.1) is 37.1 Å². The van der Waals surface area contributed by atoms with Gasteiger partial charge >= 0.3 is 0 Å². The molecule has 8 heteroatoms. The van der Waals surface area contributed by atoms with Crippen molar-refractivity contribution in [1.82, 2.24) is 4.90 Å². The van der Waals surface area contributed by atoms with E-state index in [-0.39, 0.29) is 29.0 Å². The number of hydrogen-bond acceptors (Lipinski definition) is 5. The van der Waals surface area contributed by atoms with Gasteiger partial charge < -0.3 is 14.8 Å². The summed E-state index contributed by atoms with van der Waals surface area (Å²) in [5, 5.41) is 2.46. The zero-order valence-electron chi connectivity index (χ0n) is 16.7. The van der Waals surface area contributed by atoms with Crippen molar-refractivity contribution in [1.29, 1.82) is 0 Å². The molecule has 1 N–H and O–H groups in total. The van der Waals surface area contributed by atoms with Crippen LogP contribution in [0.4, 0.5) is 14.5 Å². The van der Waals surface area contributed by atoms with Crippen molar-refractivity contribution < 1.29 is 27.8 Å². The fourth-order valence-electron chi connectivity index (χ4n) is 3.32. The summed E-state index contributed by atoms with van der Waals surface area (Å²) in [7, 11) is 1.39. The van der Waals surface area contributed by atoms with Gasteiger partial charge in [-0.2, -0.15) is 0 Å². The van der Waals surface area contributed by atoms with Gasteiger partial charge in [-0.1, -0.05) is 6.07 Å². The zero-order valence-corrected chi connectivity index (χ0v) is 16.7. The lowest BCUT2D eigenvalue weighted by molar-refractivity contribution is 0.0371. The summed E-state index contributed by atoms with van der Waals surface area (Å²) in [6.07, 6.45) is 0.700. The first-order chi connectivity index (χ1) is 14.5. The van der Waals surface area contributed by atoms with Gasteiger partial charge in [0.1, 0.15) is 17.4 Å². The van der Waals surface area contributed by atoms with Crippen LogP contribution in [-0.2, 0) is 4.74 Å². The Hall–Kier alpha value is -2.84. The highest BCUT2D eigenvalue weighted by atomic mass is 19.1. The van der Waals surface area contributed by atoms with Crippen LogP contribution < -0.4 is 10.1 Å². The molecule has 0 unspecified atom stereocenters. The molecule has 0 radical (unpaired) electrons. The molecule has 6 nitrogen and oxygen atoms in total. The van der Waals surface area contributed by atoms with Crippen LogP contribution in [0, 0.1) is 11.6 Å². The number of nitrogens with one attached hydrogen (secondary N) is 1. The molecule has 0 aliphatic carbocycles. The summed E-state index contributed by atoms with van der Waals surface area (Å²) in [5.74, 6) is -2.41. The summed E-state index contributed by atoms with van der Waals surface area (Å²) in [5.41, 5.74) is -0.404. The average Bonchev–Trinajstić information content (AvgIpc) is 2.74. The number of ketones is 1. The Morgan fingerprint density at radius 2 is 1.90 bits per heavy atom. The van der Waals surface area contributed by atoms with Crippen molar-refractivity contribution in [3.05, 3.63) is 59.2 Å². The van der Waals surface area contributed by atoms with Crippen LogP contribution in [0.2, 0.25) is 0 Å². The van der Waals surface area contributed by atoms with Crippen molar-refractivity contribution >= 4 is 17.4 Å². The van der Waals surface area contributed by atoms with Gasteiger partial charge in [0, 0.05) is 25.6 Å². The number of ether oxygens (including phenoxy) is 2. The number of anilines is 1. The molecule has 3 rings (SSSR count). The number of rotatable bonds is 8. The minimum atomic E-state index is -0.776. The van der Waals surface area contributed by atoms with E-state index in [0.29, 0.717) is 26.2 Å². The second kappa shape index (κ2) is 10.3. The molecule has 1 amide bonds. The predicted octanol–water partition coefficient (Wildman–Crippen LogP) is 3.52. The highest BCUT2D eigenvalue weighted by Gasteiger charge is 2.20. The van der Waals surface area contributed by atoms with Crippen molar-refractivity contribution in [3.63, 3.8) is 0 Å². The Bertz CT molecular complexity index is 914. The Morgan fingerprint density at radius 1 is 1.13 bits per heavy atom. The number of methoxy groups -OCH3 is 1. The van der Waals surface area contributed by atoms with Crippen LogP contribution in [0.3, 0.4) is 0 Å². The van der Waals surface area contributed by atoms with Gasteiger partial charge in [0.25, 0.3) is 5.91 Å². The number of morpholine rings is 1. The van der Waals surface area contributed by atoms with Gasteiger partial charge in [-0.05, 0) is 37.2 Å². The third-order valence-corrected chi connectivity index (χ3v) is 4.94. The summed E-state index contributed by atoms with van der Waals surface area (Å²) < 4.78 is 38.8. The minimum Gasteiger partial charge on any atom is -0.497 e. The van der Waals surface area contributed by atoms with Crippen molar-refractivity contribution in [3.8, 4) is 5.75 Å². The molecular weight excluding hydrogens is 394 g/mol. The van der Waals surface area contributed by atoms with Gasteiger partial charge in [-0.3, -0.25) is 14.5 Å². The normalized spacial score (nSPS) is 14.4. The molecule has 2 aromatic rings. The van der Waals surface area contributed by atoms with Crippen molar-refractivity contribution in [2.75, 3.05) is 45.3 Å². The predicted molar refractivity (Wildman–Crippen MR) is 108 cm³/mol. The fraction of sp³-hybridized carbons (Fsp3) is 0.364. The summed E-state index contributed by atoms with van der Waals surface area (Å²) >= 11 is 0. The van der Waals surface area contributed by atoms with Crippen LogP contribution in [-0.4, -0.2) is 56.5 Å². The van der Waals surface area contributed by atoms with Crippen LogP contribution in [0.1, 0.15) is 33.6 Å². The maximum Gasteiger partial charge on any atom is 0.258 e. The first-order valence-electron chi connectivity index (χ1n) is 9.76. The molecule has 0 bridgehead atoms. The number of benzene rings is 2. The van der Waals surface area contributed by atoms with E-state index < -0.39 is 23.3 Å². The molecule has 0 atom stereocenters. The third-order valence-electron chi connectivity index (χ3n) is 4.94. The molecule has 30 heavy (non-hydrogen) atoms. The topological polar surface area (TPSA) is 67.9 Å². The first-order valence-corrected chi connectivity index (χ1v) is 9.76. The first kappa shape index (κ1) is 21.9. The summed E-state index contributed by atoms with van der Waals surface area (Å²) in [6.45, 7) is 3.66. The number of carbonyl (C=O) groups is 2. The van der Waals surface area contributed by atoms with Gasteiger partial charge in [0.2, 0.25) is 0 Å². The molecular formula is C22H24F2N2O4. The van der Waals surface area contributed by atoms with E-state index >= 15 is 0 Å². The maximum atomic E-state index is 14.4. The Morgan fingerprint density at radius 3 is 2.60 bits per heavy atom. The zero-order chi connectivity index (χ0) is 21.5. The monoisotopic (exact) mass is 418 g/mol. The van der Waals surface area contributed by atoms with E-state index in [4.69, 9.17) is 9.47 Å². The van der Waals surface area contributed by atoms with E-state index in [1.165, 1.54) is 37.4 Å². The Balaban J connectivity index is 1.69. The number of halogens is 2. The van der Waals surface area contributed by atoms with Gasteiger partial charge in [-0.25, -0.2) is 8.78 Å². The highest BCUT2D eigenvalue weighted by Crippen LogP contribution is 2.24. The molecule has 0 saturated carbocycles. The van der Waals surface area contributed by atoms with Crippen molar-refractivity contribution in [2.45, 2.75) is 12.8 Å². The quantitative estimate of drug-likeness (QED) is 0.665. The Labute approximate surface area is 173 Å². The molecule has 160 valence electrons. The second-order valence-electron chi connectivity index (χ2n) is 6.94. The molecule has 1 heterocycles. The lowest BCUT2D eigenvalue weighted by atomic mass is 10.0. The lowest BCUT2D eigenvalue weighted by Gasteiger charge is -2.26. The van der Waals surface area contributed by atoms with Crippen LogP contribution in [0.15, 0.2) is 36.4 Å². The molecule has 1 aliphatic rings. The van der Waals surface area contributed by atoms with E-state index in [0.717, 1.165) is 19.2 Å². The fourth-order valence-corrected chi connectivity index (χ4v) is 3.32. The molecule has 2 aromatic carbocycles. The van der Waals surface area contributed by atoms with E-state index in [1.54, 1.807) is 0 Å². The number of Topliss-reactive ketones (excluding diaryl/α,β-unsaturated/α-hetero) is 1. The molecule has 0 spiro atoms. The lowest BCUT2D eigenvalue weighted by Crippen LogP contribution is -2.37. The van der Waals surface area contributed by atoms with Gasteiger partial charge in [-0.15, -0.1) is 0 Å². The van der Waals surface area contributed by atoms with Crippen molar-refractivity contribution in [2.24, 2.45) is 0 Å². The molecule has 1 saturated heterocycles. The van der Waals surface area contributed by atoms with Gasteiger partial charge in [0.15, 0.2) is 5.78 Å². The SMILES string of the molecule is COc1ccc(C(=O)Nc2cccc(F)c2C(=O)CCCN2CCOCC2)c(F)c1. The maximum absolute atomic E-state index is 14.4. The number of carbonyl (C=O) groups excluding carboxylic acids is 2. The number of hydrogen-bond donors (Lipinski definition) is 1. The number of nitrogens with zero attached hydrogens (tertiary/aromatic N) is 1. The van der Waals surface area contributed by atoms with Crippen LogP contribution in [0.25, 0.3) is 0 Å². The molecule has 1 fully saturated rings. The number of amides is 1. The standard InChI is InChI=1S/C22H24F2N2O4/c1-29-15-7-8-16(18(24)14-15)22(28)25-19-5-2-4-17(23)21(19)20(27)6-3-9-26-10-12-30-13-11-26/h2,4-5,7-8,14H,3,6,9-13H2,1H3,(H,25,28). The second-order valence-corrected chi connectivity index (χ2v) is 6.94. The summed E-state index contributed by atoms with van der Waals surface area (Å²) in [4.78, 5) is 27.4. The average molecular weight is 418 g/mol. The van der Waals surface area contributed by atoms with Crippen LogP contribution in [0.5, 0.6) is 5.75 Å². The smallest absolute Gasteiger partial charge is 0.258 e. The third kappa shape index (κ3) is 5.40. The summed E-state index contributed by atoms with van der Waals surface area (Å²) in [6, 6.07) is 7.78. The molecule has 0 aromatic heterocycles. The largest absolute Gasteiger partial charge is 0.497 e. The minimum absolute atomic E-state index is 0.0200. The highest BCUT2D eigenvalue weighted by molar-refractivity contribution is 6.09. The molecule has 1 aliphatic heterocycles. The Kier molecular flexibility index (Phi) is 7.48.